The first-order valence-electron chi connectivity index (χ1n) is 6.28. The van der Waals surface area contributed by atoms with Crippen LogP contribution in [-0.4, -0.2) is 43.9 Å². The maximum Gasteiger partial charge on any atom is 0.271 e. The van der Waals surface area contributed by atoms with Gasteiger partial charge in [-0.2, -0.15) is 0 Å². The Bertz CT molecular complexity index is 575. The van der Waals surface area contributed by atoms with Gasteiger partial charge < -0.3 is 10.6 Å². The van der Waals surface area contributed by atoms with Crippen molar-refractivity contribution >= 4 is 33.2 Å². The number of hydrogen-bond donors (Lipinski definition) is 2. The summed E-state index contributed by atoms with van der Waals surface area (Å²) in [4.78, 5) is 16.0. The average molecular weight is 320 g/mol. The van der Waals surface area contributed by atoms with E-state index in [2.05, 4.69) is 15.6 Å². The lowest BCUT2D eigenvalue weighted by Gasteiger charge is -2.08. The number of pyridine rings is 1. The topological polar surface area (TPSA) is 88.2 Å². The summed E-state index contributed by atoms with van der Waals surface area (Å²) < 4.78 is 22.6. The van der Waals surface area contributed by atoms with Crippen LogP contribution in [0.25, 0.3) is 0 Å². The van der Waals surface area contributed by atoms with Crippen LogP contribution < -0.4 is 10.6 Å². The molecule has 1 aromatic heterocycles. The Morgan fingerprint density at radius 2 is 2.05 bits per heavy atom. The fourth-order valence-corrected chi connectivity index (χ4v) is 2.32. The van der Waals surface area contributed by atoms with Crippen LogP contribution in [0.15, 0.2) is 12.1 Å². The summed E-state index contributed by atoms with van der Waals surface area (Å²) in [5.74, 6) is 0.0154. The van der Waals surface area contributed by atoms with Crippen LogP contribution in [-0.2, 0) is 9.84 Å². The molecule has 1 rings (SSSR count). The minimum atomic E-state index is -3.10. The van der Waals surface area contributed by atoms with Gasteiger partial charge in [-0.25, -0.2) is 13.4 Å². The van der Waals surface area contributed by atoms with E-state index in [1.165, 1.54) is 0 Å². The van der Waals surface area contributed by atoms with Gasteiger partial charge in [-0.1, -0.05) is 18.5 Å². The maximum atomic E-state index is 11.9. The average Bonchev–Trinajstić information content (AvgIpc) is 2.41. The summed E-state index contributed by atoms with van der Waals surface area (Å²) in [6, 6.07) is 3.24. The Balaban J connectivity index is 2.70. The van der Waals surface area contributed by atoms with Crippen molar-refractivity contribution in [3.8, 4) is 0 Å². The molecule has 0 atom stereocenters. The third-order valence-electron chi connectivity index (χ3n) is 2.56. The molecule has 112 valence electrons. The smallest absolute Gasteiger partial charge is 0.271 e. The van der Waals surface area contributed by atoms with Crippen molar-refractivity contribution < 1.29 is 13.2 Å². The van der Waals surface area contributed by atoms with Crippen molar-refractivity contribution in [3.63, 3.8) is 0 Å². The molecule has 1 aromatic rings. The summed E-state index contributed by atoms with van der Waals surface area (Å²) in [5, 5.41) is 5.71. The largest absolute Gasteiger partial charge is 0.370 e. The van der Waals surface area contributed by atoms with Crippen molar-refractivity contribution in [1.82, 2.24) is 10.3 Å². The zero-order chi connectivity index (χ0) is 15.2. The highest BCUT2D eigenvalue weighted by Crippen LogP contribution is 2.16. The number of carbonyl (C=O) groups is 1. The molecule has 0 aromatic carbocycles. The van der Waals surface area contributed by atoms with Gasteiger partial charge in [-0.05, 0) is 19.1 Å². The SMILES string of the molecule is CCNc1ccc(Cl)c(C(=O)NCCS(=O)(=O)CC)n1. The molecule has 0 aliphatic rings. The van der Waals surface area contributed by atoms with Crippen LogP contribution in [0.5, 0.6) is 0 Å². The molecule has 2 N–H and O–H groups in total. The van der Waals surface area contributed by atoms with E-state index in [0.29, 0.717) is 12.4 Å². The summed E-state index contributed by atoms with van der Waals surface area (Å²) in [6.07, 6.45) is 0. The normalized spacial score (nSPS) is 11.2. The van der Waals surface area contributed by atoms with Crippen LogP contribution in [0.4, 0.5) is 5.82 Å². The molecule has 0 saturated carbocycles. The highest BCUT2D eigenvalue weighted by Gasteiger charge is 2.14. The molecule has 0 saturated heterocycles. The van der Waals surface area contributed by atoms with Crippen LogP contribution in [0.1, 0.15) is 24.3 Å². The number of anilines is 1. The van der Waals surface area contributed by atoms with Gasteiger partial charge in [0, 0.05) is 18.8 Å². The molecule has 0 aliphatic heterocycles. The molecule has 0 spiro atoms. The van der Waals surface area contributed by atoms with Crippen molar-refractivity contribution in [2.24, 2.45) is 0 Å². The number of nitrogens with one attached hydrogen (secondary N) is 2. The first-order chi connectivity index (χ1) is 9.39. The van der Waals surface area contributed by atoms with Crippen LogP contribution in [0.2, 0.25) is 5.02 Å². The lowest BCUT2D eigenvalue weighted by atomic mass is 10.3. The molecule has 6 nitrogen and oxygen atoms in total. The van der Waals surface area contributed by atoms with Gasteiger partial charge in [0.15, 0.2) is 9.84 Å². The predicted molar refractivity (Wildman–Crippen MR) is 80.1 cm³/mol. The second-order valence-electron chi connectivity index (χ2n) is 4.05. The van der Waals surface area contributed by atoms with E-state index in [4.69, 9.17) is 11.6 Å². The number of aromatic nitrogens is 1. The Morgan fingerprint density at radius 3 is 2.65 bits per heavy atom. The van der Waals surface area contributed by atoms with Gasteiger partial charge in [-0.3, -0.25) is 4.79 Å². The van der Waals surface area contributed by atoms with Gasteiger partial charge in [0.1, 0.15) is 11.5 Å². The van der Waals surface area contributed by atoms with Crippen molar-refractivity contribution in [2.75, 3.05) is 29.9 Å². The number of amides is 1. The number of nitrogens with zero attached hydrogens (tertiary/aromatic N) is 1. The molecule has 0 fully saturated rings. The predicted octanol–water partition coefficient (Wildman–Crippen LogP) is 1.33. The van der Waals surface area contributed by atoms with E-state index < -0.39 is 15.7 Å². The van der Waals surface area contributed by atoms with Crippen molar-refractivity contribution in [3.05, 3.63) is 22.8 Å². The molecule has 1 amide bonds. The summed E-state index contributed by atoms with van der Waals surface area (Å²) >= 11 is 5.92. The van der Waals surface area contributed by atoms with Crippen molar-refractivity contribution in [2.45, 2.75) is 13.8 Å². The van der Waals surface area contributed by atoms with E-state index in [-0.39, 0.29) is 28.8 Å². The zero-order valence-corrected chi connectivity index (χ0v) is 13.0. The molecule has 0 radical (unpaired) electrons. The van der Waals surface area contributed by atoms with Crippen molar-refractivity contribution in [1.29, 1.82) is 0 Å². The Kier molecular flexibility index (Phi) is 6.22. The van der Waals surface area contributed by atoms with E-state index >= 15 is 0 Å². The first kappa shape index (κ1) is 16.7. The molecule has 0 bridgehead atoms. The number of carbonyl (C=O) groups excluding carboxylic acids is 1. The molecular weight excluding hydrogens is 302 g/mol. The summed E-state index contributed by atoms with van der Waals surface area (Å²) in [5.41, 5.74) is 0.0824. The van der Waals surface area contributed by atoms with Crippen LogP contribution in [0, 0.1) is 0 Å². The highest BCUT2D eigenvalue weighted by molar-refractivity contribution is 7.91. The second-order valence-corrected chi connectivity index (χ2v) is 6.93. The first-order valence-corrected chi connectivity index (χ1v) is 8.48. The summed E-state index contributed by atoms with van der Waals surface area (Å²) in [6.45, 7) is 4.18. The van der Waals surface area contributed by atoms with E-state index in [1.54, 1.807) is 19.1 Å². The molecule has 0 unspecified atom stereocenters. The molecule has 1 heterocycles. The number of sulfone groups is 1. The Morgan fingerprint density at radius 1 is 1.35 bits per heavy atom. The minimum Gasteiger partial charge on any atom is -0.370 e. The van der Waals surface area contributed by atoms with E-state index in [1.807, 2.05) is 6.92 Å². The van der Waals surface area contributed by atoms with Gasteiger partial charge in [0.05, 0.1) is 10.8 Å². The number of halogens is 1. The third kappa shape index (κ3) is 4.97. The Labute approximate surface area is 123 Å². The molecule has 20 heavy (non-hydrogen) atoms. The van der Waals surface area contributed by atoms with Gasteiger partial charge >= 0.3 is 0 Å². The fourth-order valence-electron chi connectivity index (χ4n) is 1.43. The van der Waals surface area contributed by atoms with Gasteiger partial charge in [0.25, 0.3) is 5.91 Å². The molecule has 8 heteroatoms. The maximum absolute atomic E-state index is 11.9. The van der Waals surface area contributed by atoms with Crippen LogP contribution >= 0.6 is 11.6 Å². The fraction of sp³-hybridized carbons (Fsp3) is 0.500. The van der Waals surface area contributed by atoms with E-state index in [9.17, 15) is 13.2 Å². The van der Waals surface area contributed by atoms with Gasteiger partial charge in [-0.15, -0.1) is 0 Å². The lowest BCUT2D eigenvalue weighted by Crippen LogP contribution is -2.30. The minimum absolute atomic E-state index is 0.0401. The van der Waals surface area contributed by atoms with Crippen LogP contribution in [0.3, 0.4) is 0 Å². The second kappa shape index (κ2) is 7.44. The quantitative estimate of drug-likeness (QED) is 0.791. The van der Waals surface area contributed by atoms with E-state index in [0.717, 1.165) is 0 Å². The summed E-state index contributed by atoms with van der Waals surface area (Å²) in [7, 11) is -3.10. The standard InChI is InChI=1S/C12H18ClN3O3S/c1-3-14-10-6-5-9(13)11(16-10)12(17)15-7-8-20(18,19)4-2/h5-6H,3-4,7-8H2,1-2H3,(H,14,16)(H,15,17). The third-order valence-corrected chi connectivity index (χ3v) is 4.57. The lowest BCUT2D eigenvalue weighted by molar-refractivity contribution is 0.0951. The number of rotatable bonds is 7. The number of hydrogen-bond acceptors (Lipinski definition) is 5. The molecular formula is C12H18ClN3O3S. The van der Waals surface area contributed by atoms with Gasteiger partial charge in [0.2, 0.25) is 0 Å². The Hall–Kier alpha value is -1.34. The highest BCUT2D eigenvalue weighted by atomic mass is 35.5. The molecule has 0 aliphatic carbocycles. The zero-order valence-electron chi connectivity index (χ0n) is 11.4. The monoisotopic (exact) mass is 319 g/mol.